The summed E-state index contributed by atoms with van der Waals surface area (Å²) in [6.45, 7) is 5.65. The highest BCUT2D eigenvalue weighted by atomic mass is 16.5. The summed E-state index contributed by atoms with van der Waals surface area (Å²) in [6.07, 6.45) is 2.62. The molecule has 1 atom stereocenters. The summed E-state index contributed by atoms with van der Waals surface area (Å²) in [4.78, 5) is 10.9. The molecule has 1 saturated carbocycles. The zero-order valence-corrected chi connectivity index (χ0v) is 11.4. The van der Waals surface area contributed by atoms with Crippen molar-refractivity contribution < 1.29 is 4.74 Å². The molecule has 2 rings (SSSR count). The van der Waals surface area contributed by atoms with Crippen LogP contribution in [0.5, 0.6) is 0 Å². The Kier molecular flexibility index (Phi) is 4.01. The van der Waals surface area contributed by atoms with Crippen LogP contribution in [0, 0.1) is 12.8 Å². The predicted octanol–water partition coefficient (Wildman–Crippen LogP) is 1.62. The van der Waals surface area contributed by atoms with Gasteiger partial charge < -0.3 is 15.4 Å². The summed E-state index contributed by atoms with van der Waals surface area (Å²) in [7, 11) is 1.72. The van der Waals surface area contributed by atoms with Crippen LogP contribution in [-0.4, -0.2) is 36.3 Å². The van der Waals surface area contributed by atoms with Gasteiger partial charge in [-0.3, -0.25) is 0 Å². The van der Waals surface area contributed by atoms with Crippen molar-refractivity contribution in [2.24, 2.45) is 5.92 Å². The van der Waals surface area contributed by atoms with Gasteiger partial charge in [0.2, 0.25) is 0 Å². The average Bonchev–Trinajstić information content (AvgIpc) is 3.11. The van der Waals surface area contributed by atoms with Crippen LogP contribution in [0.15, 0.2) is 6.07 Å². The number of aromatic nitrogens is 2. The van der Waals surface area contributed by atoms with Gasteiger partial charge >= 0.3 is 0 Å². The Hall–Kier alpha value is -1.36. The van der Waals surface area contributed by atoms with E-state index in [9.17, 15) is 0 Å². The Morgan fingerprint density at radius 3 is 2.78 bits per heavy atom. The molecule has 1 aliphatic rings. The first-order valence-corrected chi connectivity index (χ1v) is 6.48. The van der Waals surface area contributed by atoms with Crippen molar-refractivity contribution in [2.45, 2.75) is 32.7 Å². The normalized spacial score (nSPS) is 16.6. The van der Waals surface area contributed by atoms with Crippen molar-refractivity contribution in [3.05, 3.63) is 11.9 Å². The molecular formula is C13H22N4O. The summed E-state index contributed by atoms with van der Waals surface area (Å²) in [6, 6.07) is 2.33. The first-order valence-electron chi connectivity index (χ1n) is 6.48. The number of rotatable bonds is 6. The van der Waals surface area contributed by atoms with E-state index in [1.807, 2.05) is 13.0 Å². The number of ether oxygens (including phenoxy) is 1. The second kappa shape index (κ2) is 5.52. The highest BCUT2D eigenvalue weighted by Crippen LogP contribution is 2.36. The Labute approximate surface area is 108 Å². The van der Waals surface area contributed by atoms with E-state index in [0.717, 1.165) is 24.1 Å². The summed E-state index contributed by atoms with van der Waals surface area (Å²) in [5.74, 6) is 2.94. The number of methoxy groups -OCH3 is 1. The lowest BCUT2D eigenvalue weighted by Gasteiger charge is -2.30. The lowest BCUT2D eigenvalue weighted by atomic mass is 10.2. The Balaban J connectivity index is 2.20. The molecule has 1 aliphatic carbocycles. The van der Waals surface area contributed by atoms with Crippen LogP contribution >= 0.6 is 0 Å². The SMILES string of the molecule is COCCN(c1cc(N)nc(C)n1)C(C)C1CC1. The van der Waals surface area contributed by atoms with Crippen LogP contribution < -0.4 is 10.6 Å². The van der Waals surface area contributed by atoms with Gasteiger partial charge in [-0.15, -0.1) is 0 Å². The predicted molar refractivity (Wildman–Crippen MR) is 72.6 cm³/mol. The summed E-state index contributed by atoms with van der Waals surface area (Å²) >= 11 is 0. The fourth-order valence-electron chi connectivity index (χ4n) is 2.27. The first kappa shape index (κ1) is 13.1. The number of aryl methyl sites for hydroxylation is 1. The molecule has 5 heteroatoms. The molecule has 1 aromatic heterocycles. The fourth-order valence-corrected chi connectivity index (χ4v) is 2.27. The maximum absolute atomic E-state index is 5.81. The Morgan fingerprint density at radius 1 is 1.50 bits per heavy atom. The monoisotopic (exact) mass is 250 g/mol. The van der Waals surface area contributed by atoms with Crippen molar-refractivity contribution in [3.63, 3.8) is 0 Å². The third-order valence-electron chi connectivity index (χ3n) is 3.47. The van der Waals surface area contributed by atoms with Gasteiger partial charge in [0.15, 0.2) is 0 Å². The second-order valence-electron chi connectivity index (χ2n) is 4.96. The molecule has 1 unspecified atom stereocenters. The van der Waals surface area contributed by atoms with E-state index in [2.05, 4.69) is 21.8 Å². The third kappa shape index (κ3) is 3.10. The summed E-state index contributed by atoms with van der Waals surface area (Å²) in [5, 5.41) is 0. The highest BCUT2D eigenvalue weighted by molar-refractivity contribution is 5.48. The van der Waals surface area contributed by atoms with Crippen LogP contribution in [0.2, 0.25) is 0 Å². The largest absolute Gasteiger partial charge is 0.384 e. The van der Waals surface area contributed by atoms with Gasteiger partial charge in [0, 0.05) is 25.8 Å². The molecule has 5 nitrogen and oxygen atoms in total. The van der Waals surface area contributed by atoms with Crippen LogP contribution in [-0.2, 0) is 4.74 Å². The maximum Gasteiger partial charge on any atom is 0.134 e. The number of nitrogen functional groups attached to an aromatic ring is 1. The van der Waals surface area contributed by atoms with Gasteiger partial charge in [0.05, 0.1) is 6.61 Å². The van der Waals surface area contributed by atoms with Crippen LogP contribution in [0.4, 0.5) is 11.6 Å². The Bertz CT molecular complexity index is 386. The van der Waals surface area contributed by atoms with Crippen molar-refractivity contribution >= 4 is 11.6 Å². The van der Waals surface area contributed by atoms with E-state index in [-0.39, 0.29) is 0 Å². The molecule has 100 valence electrons. The third-order valence-corrected chi connectivity index (χ3v) is 3.47. The lowest BCUT2D eigenvalue weighted by molar-refractivity contribution is 0.202. The molecule has 1 aromatic rings. The minimum atomic E-state index is 0.480. The molecule has 0 aromatic carbocycles. The number of anilines is 2. The van der Waals surface area contributed by atoms with E-state index < -0.39 is 0 Å². The van der Waals surface area contributed by atoms with E-state index in [4.69, 9.17) is 10.5 Å². The standard InChI is InChI=1S/C13H22N4O/c1-9(11-4-5-11)17(6-7-18-3)13-8-12(14)15-10(2)16-13/h8-9,11H,4-7H2,1-3H3,(H2,14,15,16). The minimum absolute atomic E-state index is 0.480. The average molecular weight is 250 g/mol. The fraction of sp³-hybridized carbons (Fsp3) is 0.692. The summed E-state index contributed by atoms with van der Waals surface area (Å²) < 4.78 is 5.19. The van der Waals surface area contributed by atoms with Crippen molar-refractivity contribution in [1.82, 2.24) is 9.97 Å². The van der Waals surface area contributed by atoms with Crippen LogP contribution in [0.25, 0.3) is 0 Å². The van der Waals surface area contributed by atoms with Crippen LogP contribution in [0.1, 0.15) is 25.6 Å². The molecule has 0 amide bonds. The molecule has 1 heterocycles. The van der Waals surface area contributed by atoms with Crippen molar-refractivity contribution in [2.75, 3.05) is 30.9 Å². The van der Waals surface area contributed by atoms with Crippen molar-refractivity contribution in [3.8, 4) is 0 Å². The van der Waals surface area contributed by atoms with Gasteiger partial charge in [0.1, 0.15) is 17.5 Å². The van der Waals surface area contributed by atoms with Gasteiger partial charge in [0.25, 0.3) is 0 Å². The highest BCUT2D eigenvalue weighted by Gasteiger charge is 2.32. The molecular weight excluding hydrogens is 228 g/mol. The lowest BCUT2D eigenvalue weighted by Crippen LogP contribution is -2.38. The van der Waals surface area contributed by atoms with E-state index in [1.165, 1.54) is 12.8 Å². The van der Waals surface area contributed by atoms with E-state index in [0.29, 0.717) is 18.5 Å². The van der Waals surface area contributed by atoms with Gasteiger partial charge in [-0.1, -0.05) is 0 Å². The number of nitrogens with two attached hydrogens (primary N) is 1. The molecule has 0 spiro atoms. The molecule has 0 radical (unpaired) electrons. The molecule has 0 bridgehead atoms. The molecule has 18 heavy (non-hydrogen) atoms. The smallest absolute Gasteiger partial charge is 0.134 e. The van der Waals surface area contributed by atoms with Gasteiger partial charge in [-0.2, -0.15) is 0 Å². The zero-order chi connectivity index (χ0) is 13.1. The molecule has 0 aliphatic heterocycles. The molecule has 0 saturated heterocycles. The van der Waals surface area contributed by atoms with E-state index in [1.54, 1.807) is 7.11 Å². The number of hydrogen-bond acceptors (Lipinski definition) is 5. The van der Waals surface area contributed by atoms with Crippen molar-refractivity contribution in [1.29, 1.82) is 0 Å². The van der Waals surface area contributed by atoms with Gasteiger partial charge in [-0.05, 0) is 32.6 Å². The number of nitrogens with zero attached hydrogens (tertiary/aromatic N) is 3. The second-order valence-corrected chi connectivity index (χ2v) is 4.96. The zero-order valence-electron chi connectivity index (χ0n) is 11.4. The van der Waals surface area contributed by atoms with E-state index >= 15 is 0 Å². The topological polar surface area (TPSA) is 64.3 Å². The minimum Gasteiger partial charge on any atom is -0.384 e. The summed E-state index contributed by atoms with van der Waals surface area (Å²) in [5.41, 5.74) is 5.81. The van der Waals surface area contributed by atoms with Gasteiger partial charge in [-0.25, -0.2) is 9.97 Å². The molecule has 1 fully saturated rings. The first-order chi connectivity index (χ1) is 8.61. The van der Waals surface area contributed by atoms with Crippen LogP contribution in [0.3, 0.4) is 0 Å². The maximum atomic E-state index is 5.81. The Morgan fingerprint density at radius 2 is 2.22 bits per heavy atom. The quantitative estimate of drug-likeness (QED) is 0.831. The number of hydrogen-bond donors (Lipinski definition) is 1. The molecule has 2 N–H and O–H groups in total.